The van der Waals surface area contributed by atoms with Gasteiger partial charge < -0.3 is 14.2 Å². The number of carbonyl (C=O) groups excluding carboxylic acids is 1. The SMILES string of the molecule is COC(=O)Cc1ccc(Oc2ccncc2NS(=O)(=O)c2ccc(Cl)cc2Cl)c(OC)c1. The summed E-state index contributed by atoms with van der Waals surface area (Å²) >= 11 is 11.9. The Morgan fingerprint density at radius 1 is 1.03 bits per heavy atom. The highest BCUT2D eigenvalue weighted by Gasteiger charge is 2.21. The normalized spacial score (nSPS) is 11.0. The molecule has 0 bridgehead atoms. The van der Waals surface area contributed by atoms with Crippen molar-refractivity contribution >= 4 is 44.9 Å². The molecule has 168 valence electrons. The van der Waals surface area contributed by atoms with Crippen molar-refractivity contribution in [2.24, 2.45) is 0 Å². The van der Waals surface area contributed by atoms with Crippen LogP contribution in [-0.2, 0) is 26.0 Å². The first kappa shape index (κ1) is 23.6. The average Bonchev–Trinajstić information content (AvgIpc) is 2.75. The molecule has 0 saturated heterocycles. The minimum Gasteiger partial charge on any atom is -0.493 e. The number of methoxy groups -OCH3 is 2. The summed E-state index contributed by atoms with van der Waals surface area (Å²) in [5, 5.41) is 0.279. The van der Waals surface area contributed by atoms with E-state index in [1.54, 1.807) is 18.2 Å². The standard InChI is InChI=1S/C21H18Cl2N2O6S/c1-29-19-9-13(10-21(26)30-2)3-5-18(19)31-17-7-8-24-12-16(17)25-32(27,28)20-6-4-14(22)11-15(20)23/h3-9,11-12,25H,10H2,1-2H3. The molecule has 3 rings (SSSR count). The molecule has 2 aromatic carbocycles. The molecule has 0 unspecified atom stereocenters. The molecule has 32 heavy (non-hydrogen) atoms. The van der Waals surface area contributed by atoms with E-state index in [1.165, 1.54) is 50.9 Å². The van der Waals surface area contributed by atoms with Gasteiger partial charge in [-0.25, -0.2) is 8.42 Å². The van der Waals surface area contributed by atoms with Crippen molar-refractivity contribution in [3.8, 4) is 17.2 Å². The molecule has 0 fully saturated rings. The van der Waals surface area contributed by atoms with E-state index in [0.717, 1.165) is 0 Å². The lowest BCUT2D eigenvalue weighted by atomic mass is 10.1. The largest absolute Gasteiger partial charge is 0.493 e. The Balaban J connectivity index is 1.90. The number of ether oxygens (including phenoxy) is 3. The first-order valence-corrected chi connectivity index (χ1v) is 11.3. The number of halogens is 2. The molecule has 1 heterocycles. The third-order valence-electron chi connectivity index (χ3n) is 4.23. The summed E-state index contributed by atoms with van der Waals surface area (Å²) in [5.41, 5.74) is 0.744. The number of esters is 1. The van der Waals surface area contributed by atoms with Crippen LogP contribution in [0.25, 0.3) is 0 Å². The molecule has 1 N–H and O–H groups in total. The summed E-state index contributed by atoms with van der Waals surface area (Å²) in [5.74, 6) is 0.426. The molecular weight excluding hydrogens is 479 g/mol. The first-order valence-electron chi connectivity index (χ1n) is 9.07. The monoisotopic (exact) mass is 496 g/mol. The summed E-state index contributed by atoms with van der Waals surface area (Å²) in [6, 6.07) is 10.4. The zero-order chi connectivity index (χ0) is 23.3. The zero-order valence-electron chi connectivity index (χ0n) is 17.0. The minimum absolute atomic E-state index is 0.0285. The lowest BCUT2D eigenvalue weighted by Crippen LogP contribution is -2.14. The van der Waals surface area contributed by atoms with Crippen LogP contribution in [0.3, 0.4) is 0 Å². The number of benzene rings is 2. The number of rotatable bonds is 8. The molecule has 0 spiro atoms. The maximum Gasteiger partial charge on any atom is 0.309 e. The number of hydrogen-bond acceptors (Lipinski definition) is 7. The van der Waals surface area contributed by atoms with Crippen LogP contribution < -0.4 is 14.2 Å². The predicted molar refractivity (Wildman–Crippen MR) is 120 cm³/mol. The number of aromatic nitrogens is 1. The molecule has 0 radical (unpaired) electrons. The Hall–Kier alpha value is -3.01. The highest BCUT2D eigenvalue weighted by molar-refractivity contribution is 7.92. The van der Waals surface area contributed by atoms with Gasteiger partial charge in [0.15, 0.2) is 17.2 Å². The predicted octanol–water partition coefficient (Wildman–Crippen LogP) is 4.71. The van der Waals surface area contributed by atoms with Crippen molar-refractivity contribution in [3.63, 3.8) is 0 Å². The highest BCUT2D eigenvalue weighted by Crippen LogP contribution is 2.36. The Morgan fingerprint density at radius 2 is 1.81 bits per heavy atom. The minimum atomic E-state index is -4.06. The molecule has 8 nitrogen and oxygen atoms in total. The molecule has 0 atom stereocenters. The number of pyridine rings is 1. The second-order valence-corrected chi connectivity index (χ2v) is 8.89. The second kappa shape index (κ2) is 10.1. The van der Waals surface area contributed by atoms with E-state index in [-0.39, 0.29) is 27.8 Å². The Labute approximate surface area is 195 Å². The summed E-state index contributed by atoms with van der Waals surface area (Å²) in [7, 11) is -1.30. The molecule has 11 heteroatoms. The molecule has 0 aliphatic rings. The fourth-order valence-electron chi connectivity index (χ4n) is 2.70. The van der Waals surface area contributed by atoms with E-state index in [0.29, 0.717) is 22.1 Å². The van der Waals surface area contributed by atoms with E-state index in [4.69, 9.17) is 32.7 Å². The van der Waals surface area contributed by atoms with Gasteiger partial charge >= 0.3 is 5.97 Å². The van der Waals surface area contributed by atoms with Crippen LogP contribution >= 0.6 is 23.2 Å². The van der Waals surface area contributed by atoms with Crippen molar-refractivity contribution in [3.05, 3.63) is 70.5 Å². The quantitative estimate of drug-likeness (QED) is 0.450. The summed E-state index contributed by atoms with van der Waals surface area (Å²) in [6.07, 6.45) is 2.81. The van der Waals surface area contributed by atoms with Crippen LogP contribution in [-0.4, -0.2) is 33.6 Å². The lowest BCUT2D eigenvalue weighted by Gasteiger charge is -2.15. The summed E-state index contributed by atoms with van der Waals surface area (Å²) in [6.45, 7) is 0. The Kier molecular flexibility index (Phi) is 7.44. The first-order chi connectivity index (χ1) is 15.2. The van der Waals surface area contributed by atoms with E-state index < -0.39 is 16.0 Å². The van der Waals surface area contributed by atoms with Crippen LogP contribution in [0.1, 0.15) is 5.56 Å². The molecule has 0 aliphatic heterocycles. The number of carbonyl (C=O) groups is 1. The van der Waals surface area contributed by atoms with Crippen molar-refractivity contribution in [1.82, 2.24) is 4.98 Å². The topological polar surface area (TPSA) is 104 Å². The highest BCUT2D eigenvalue weighted by atomic mass is 35.5. The fraction of sp³-hybridized carbons (Fsp3) is 0.143. The maximum absolute atomic E-state index is 12.8. The smallest absolute Gasteiger partial charge is 0.309 e. The molecule has 0 amide bonds. The number of hydrogen-bond donors (Lipinski definition) is 1. The van der Waals surface area contributed by atoms with E-state index >= 15 is 0 Å². The van der Waals surface area contributed by atoms with Crippen LogP contribution in [0, 0.1) is 0 Å². The van der Waals surface area contributed by atoms with Gasteiger partial charge in [-0.1, -0.05) is 29.3 Å². The molecular formula is C21H18Cl2N2O6S. The van der Waals surface area contributed by atoms with Gasteiger partial charge in [0.25, 0.3) is 10.0 Å². The van der Waals surface area contributed by atoms with Gasteiger partial charge in [0, 0.05) is 17.3 Å². The molecule has 0 aliphatic carbocycles. The van der Waals surface area contributed by atoms with Gasteiger partial charge in [-0.15, -0.1) is 0 Å². The van der Waals surface area contributed by atoms with Crippen molar-refractivity contribution < 1.29 is 27.4 Å². The molecule has 1 aromatic heterocycles. The number of nitrogens with zero attached hydrogens (tertiary/aromatic N) is 1. The van der Waals surface area contributed by atoms with Crippen molar-refractivity contribution in [2.75, 3.05) is 18.9 Å². The van der Waals surface area contributed by atoms with Crippen LogP contribution in [0.5, 0.6) is 17.2 Å². The van der Waals surface area contributed by atoms with Crippen molar-refractivity contribution in [1.29, 1.82) is 0 Å². The lowest BCUT2D eigenvalue weighted by molar-refractivity contribution is -0.139. The maximum atomic E-state index is 12.8. The van der Waals surface area contributed by atoms with Gasteiger partial charge in [-0.3, -0.25) is 14.5 Å². The van der Waals surface area contributed by atoms with E-state index in [1.807, 2.05) is 0 Å². The van der Waals surface area contributed by atoms with Crippen LogP contribution in [0.2, 0.25) is 10.0 Å². The fourth-order valence-corrected chi connectivity index (χ4v) is 4.53. The number of nitrogens with one attached hydrogen (secondary N) is 1. The third kappa shape index (κ3) is 5.61. The van der Waals surface area contributed by atoms with Crippen LogP contribution in [0.15, 0.2) is 59.8 Å². The van der Waals surface area contributed by atoms with Gasteiger partial charge in [-0.2, -0.15) is 0 Å². The Morgan fingerprint density at radius 3 is 2.50 bits per heavy atom. The molecule has 3 aromatic rings. The van der Waals surface area contributed by atoms with Gasteiger partial charge in [-0.05, 0) is 35.9 Å². The van der Waals surface area contributed by atoms with Gasteiger partial charge in [0.05, 0.1) is 31.9 Å². The second-order valence-electron chi connectivity index (χ2n) is 6.39. The summed E-state index contributed by atoms with van der Waals surface area (Å²) in [4.78, 5) is 15.3. The Bertz CT molecular complexity index is 1250. The number of sulfonamides is 1. The average molecular weight is 497 g/mol. The number of anilines is 1. The van der Waals surface area contributed by atoms with Crippen molar-refractivity contribution in [2.45, 2.75) is 11.3 Å². The van der Waals surface area contributed by atoms with Crippen LogP contribution in [0.4, 0.5) is 5.69 Å². The zero-order valence-corrected chi connectivity index (χ0v) is 19.3. The summed E-state index contributed by atoms with van der Waals surface area (Å²) < 4.78 is 44.0. The third-order valence-corrected chi connectivity index (χ3v) is 6.32. The van der Waals surface area contributed by atoms with Gasteiger partial charge in [0.2, 0.25) is 0 Å². The van der Waals surface area contributed by atoms with Gasteiger partial charge in [0.1, 0.15) is 10.6 Å². The van der Waals surface area contributed by atoms with E-state index in [9.17, 15) is 13.2 Å². The van der Waals surface area contributed by atoms with E-state index in [2.05, 4.69) is 14.4 Å². The molecule has 0 saturated carbocycles.